The largest absolute Gasteiger partial charge is 0.388 e. The predicted molar refractivity (Wildman–Crippen MR) is 92.1 cm³/mol. The molecule has 4 nitrogen and oxygen atoms in total. The van der Waals surface area contributed by atoms with E-state index >= 15 is 0 Å². The van der Waals surface area contributed by atoms with E-state index in [1.807, 2.05) is 36.4 Å². The first-order valence-corrected chi connectivity index (χ1v) is 8.14. The fourth-order valence-electron chi connectivity index (χ4n) is 2.41. The average molecular weight is 330 g/mol. The summed E-state index contributed by atoms with van der Waals surface area (Å²) in [6, 6.07) is 15.6. The van der Waals surface area contributed by atoms with Gasteiger partial charge in [-0.2, -0.15) is 0 Å². The molecule has 0 aromatic heterocycles. The zero-order valence-electron chi connectivity index (χ0n) is 13.5. The number of benzene rings is 2. The van der Waals surface area contributed by atoms with Crippen LogP contribution in [-0.2, 0) is 6.42 Å². The number of aryl methyl sites for hydroxylation is 1. The number of aliphatic hydroxyl groups excluding tert-OH is 1. The number of carbonyl (C=O) groups is 1. The van der Waals surface area contributed by atoms with Crippen LogP contribution < -0.4 is 10.6 Å². The Hall–Kier alpha value is -2.40. The summed E-state index contributed by atoms with van der Waals surface area (Å²) >= 11 is 0. The third-order valence-electron chi connectivity index (χ3n) is 3.70. The summed E-state index contributed by atoms with van der Waals surface area (Å²) in [7, 11) is 0. The molecule has 128 valence electrons. The lowest BCUT2D eigenvalue weighted by atomic mass is 10.1. The van der Waals surface area contributed by atoms with E-state index < -0.39 is 6.10 Å². The van der Waals surface area contributed by atoms with Gasteiger partial charge in [-0.15, -0.1) is 0 Å². The summed E-state index contributed by atoms with van der Waals surface area (Å²) in [4.78, 5) is 11.7. The number of urea groups is 1. The molecule has 5 heteroatoms. The highest BCUT2D eigenvalue weighted by molar-refractivity contribution is 5.73. The molecule has 1 atom stereocenters. The lowest BCUT2D eigenvalue weighted by Gasteiger charge is -2.12. The van der Waals surface area contributed by atoms with Crippen LogP contribution in [0, 0.1) is 5.82 Å². The van der Waals surface area contributed by atoms with Gasteiger partial charge in [0.25, 0.3) is 0 Å². The Morgan fingerprint density at radius 3 is 2.54 bits per heavy atom. The summed E-state index contributed by atoms with van der Waals surface area (Å²) < 4.78 is 13.0. The molecule has 0 aliphatic rings. The normalized spacial score (nSPS) is 11.8. The van der Waals surface area contributed by atoms with Crippen molar-refractivity contribution >= 4 is 6.03 Å². The van der Waals surface area contributed by atoms with Crippen molar-refractivity contribution in [1.29, 1.82) is 0 Å². The van der Waals surface area contributed by atoms with E-state index in [1.165, 1.54) is 12.1 Å². The smallest absolute Gasteiger partial charge is 0.314 e. The van der Waals surface area contributed by atoms with Crippen LogP contribution in [0.15, 0.2) is 54.6 Å². The van der Waals surface area contributed by atoms with Crippen LogP contribution >= 0.6 is 0 Å². The molecule has 0 radical (unpaired) electrons. The first-order valence-electron chi connectivity index (χ1n) is 8.14. The number of amides is 2. The average Bonchev–Trinajstić information content (AvgIpc) is 2.59. The molecule has 0 spiro atoms. The van der Waals surface area contributed by atoms with Crippen molar-refractivity contribution < 1.29 is 14.3 Å². The van der Waals surface area contributed by atoms with Gasteiger partial charge in [0.15, 0.2) is 0 Å². The van der Waals surface area contributed by atoms with Gasteiger partial charge in [0.05, 0.1) is 6.10 Å². The Morgan fingerprint density at radius 2 is 1.79 bits per heavy atom. The van der Waals surface area contributed by atoms with Crippen LogP contribution in [0.3, 0.4) is 0 Å². The quantitative estimate of drug-likeness (QED) is 0.651. The molecule has 2 rings (SSSR count). The van der Waals surface area contributed by atoms with Gasteiger partial charge in [-0.3, -0.25) is 0 Å². The molecule has 0 aliphatic heterocycles. The van der Waals surface area contributed by atoms with Crippen molar-refractivity contribution in [2.75, 3.05) is 13.1 Å². The summed E-state index contributed by atoms with van der Waals surface area (Å²) in [5.74, 6) is -0.241. The van der Waals surface area contributed by atoms with Crippen LogP contribution in [0.25, 0.3) is 0 Å². The molecule has 1 unspecified atom stereocenters. The topological polar surface area (TPSA) is 61.4 Å². The highest BCUT2D eigenvalue weighted by Gasteiger charge is 2.07. The molecule has 24 heavy (non-hydrogen) atoms. The summed E-state index contributed by atoms with van der Waals surface area (Å²) in [5.41, 5.74) is 1.76. The molecule has 0 fully saturated rings. The van der Waals surface area contributed by atoms with Crippen molar-refractivity contribution in [2.45, 2.75) is 25.4 Å². The third kappa shape index (κ3) is 6.38. The van der Waals surface area contributed by atoms with Crippen molar-refractivity contribution in [3.63, 3.8) is 0 Å². The molecule has 0 saturated heterocycles. The summed E-state index contributed by atoms with van der Waals surface area (Å²) in [6.45, 7) is 0.912. The van der Waals surface area contributed by atoms with Crippen molar-refractivity contribution in [3.8, 4) is 0 Å². The summed E-state index contributed by atoms with van der Waals surface area (Å²) in [6.07, 6.45) is 1.33. The van der Waals surface area contributed by atoms with E-state index in [0.29, 0.717) is 25.9 Å². The molecule has 2 aromatic carbocycles. The fraction of sp³-hybridized carbons (Fsp3) is 0.316. The first-order chi connectivity index (χ1) is 11.6. The van der Waals surface area contributed by atoms with Gasteiger partial charge in [0.1, 0.15) is 5.82 Å². The van der Waals surface area contributed by atoms with Gasteiger partial charge < -0.3 is 15.7 Å². The van der Waals surface area contributed by atoms with Gasteiger partial charge in [-0.25, -0.2) is 9.18 Å². The number of aliphatic hydroxyl groups is 1. The number of rotatable bonds is 8. The zero-order valence-corrected chi connectivity index (χ0v) is 13.5. The van der Waals surface area contributed by atoms with E-state index in [2.05, 4.69) is 10.6 Å². The van der Waals surface area contributed by atoms with E-state index in [4.69, 9.17) is 0 Å². The number of hydrogen-bond donors (Lipinski definition) is 3. The monoisotopic (exact) mass is 330 g/mol. The Balaban J connectivity index is 1.57. The van der Waals surface area contributed by atoms with Gasteiger partial charge >= 0.3 is 6.03 Å². The Kier molecular flexibility index (Phi) is 7.23. The number of nitrogens with one attached hydrogen (secondary N) is 2. The molecule has 0 bridgehead atoms. The van der Waals surface area contributed by atoms with Crippen molar-refractivity contribution in [1.82, 2.24) is 10.6 Å². The Labute approximate surface area is 141 Å². The molecule has 2 aromatic rings. The Bertz CT molecular complexity index is 634. The Morgan fingerprint density at radius 1 is 1.04 bits per heavy atom. The lowest BCUT2D eigenvalue weighted by Crippen LogP contribution is -2.37. The molecular weight excluding hydrogens is 307 g/mol. The standard InChI is InChI=1S/C19H23FN2O2/c20-17-10-4-6-15(14-17)7-5-12-21-19(24)22-13-11-18(23)16-8-2-1-3-9-16/h1-4,6,8-10,14,18,23H,5,7,11-13H2,(H2,21,22,24). The minimum atomic E-state index is -0.584. The fourth-order valence-corrected chi connectivity index (χ4v) is 2.41. The van der Waals surface area contributed by atoms with Gasteiger partial charge in [0, 0.05) is 13.1 Å². The number of hydrogen-bond acceptors (Lipinski definition) is 2. The molecule has 2 amide bonds. The van der Waals surface area contributed by atoms with Crippen LogP contribution in [0.4, 0.5) is 9.18 Å². The zero-order chi connectivity index (χ0) is 17.2. The van der Waals surface area contributed by atoms with E-state index in [9.17, 15) is 14.3 Å². The van der Waals surface area contributed by atoms with Gasteiger partial charge in [-0.05, 0) is 42.5 Å². The van der Waals surface area contributed by atoms with Gasteiger partial charge in [0.2, 0.25) is 0 Å². The minimum absolute atomic E-state index is 0.241. The van der Waals surface area contributed by atoms with Gasteiger partial charge in [-0.1, -0.05) is 42.5 Å². The second kappa shape index (κ2) is 9.67. The van der Waals surface area contributed by atoms with Crippen LogP contribution in [0.1, 0.15) is 30.1 Å². The molecule has 0 heterocycles. The predicted octanol–water partition coefficient (Wildman–Crippen LogP) is 3.18. The van der Waals surface area contributed by atoms with E-state index in [1.54, 1.807) is 6.07 Å². The van der Waals surface area contributed by atoms with Crippen LogP contribution in [0.5, 0.6) is 0 Å². The maximum atomic E-state index is 13.0. The molecule has 0 saturated carbocycles. The summed E-state index contributed by atoms with van der Waals surface area (Å²) in [5, 5.41) is 15.5. The second-order valence-corrected chi connectivity index (χ2v) is 5.63. The van der Waals surface area contributed by atoms with Crippen molar-refractivity contribution in [2.24, 2.45) is 0 Å². The minimum Gasteiger partial charge on any atom is -0.388 e. The molecule has 3 N–H and O–H groups in total. The number of carbonyl (C=O) groups excluding carboxylic acids is 1. The molecule has 0 aliphatic carbocycles. The maximum absolute atomic E-state index is 13.0. The van der Waals surface area contributed by atoms with Crippen molar-refractivity contribution in [3.05, 3.63) is 71.5 Å². The maximum Gasteiger partial charge on any atom is 0.314 e. The second-order valence-electron chi connectivity index (χ2n) is 5.63. The highest BCUT2D eigenvalue weighted by Crippen LogP contribution is 2.14. The molecular formula is C19H23FN2O2. The SMILES string of the molecule is O=C(NCCCc1cccc(F)c1)NCCC(O)c1ccccc1. The number of halogens is 1. The first kappa shape index (κ1) is 17.9. The third-order valence-corrected chi connectivity index (χ3v) is 3.70. The van der Waals surface area contributed by atoms with E-state index in [0.717, 1.165) is 17.5 Å². The highest BCUT2D eigenvalue weighted by atomic mass is 19.1. The lowest BCUT2D eigenvalue weighted by molar-refractivity contribution is 0.167. The van der Waals surface area contributed by atoms with E-state index in [-0.39, 0.29) is 11.8 Å². The van der Waals surface area contributed by atoms with Crippen LogP contribution in [0.2, 0.25) is 0 Å². The van der Waals surface area contributed by atoms with Crippen LogP contribution in [-0.4, -0.2) is 24.2 Å².